The highest BCUT2D eigenvalue weighted by molar-refractivity contribution is 9.10. The third kappa shape index (κ3) is 3.34. The zero-order chi connectivity index (χ0) is 14.0. The maximum absolute atomic E-state index is 14.1. The van der Waals surface area contributed by atoms with Crippen molar-refractivity contribution in [1.82, 2.24) is 5.32 Å². The minimum absolute atomic E-state index is 0.0811. The smallest absolute Gasteiger partial charge is 0.128 e. The van der Waals surface area contributed by atoms with E-state index < -0.39 is 0 Å². The molecule has 2 unspecified atom stereocenters. The third-order valence-electron chi connectivity index (χ3n) is 3.55. The van der Waals surface area contributed by atoms with E-state index in [-0.39, 0.29) is 11.9 Å². The molecule has 0 saturated heterocycles. The van der Waals surface area contributed by atoms with Crippen LogP contribution < -0.4 is 5.32 Å². The number of rotatable bonds is 4. The van der Waals surface area contributed by atoms with E-state index >= 15 is 0 Å². The van der Waals surface area contributed by atoms with Gasteiger partial charge in [0.25, 0.3) is 0 Å². The number of thioether (sulfide) groups is 1. The Morgan fingerprint density at radius 3 is 2.84 bits per heavy atom. The van der Waals surface area contributed by atoms with Crippen LogP contribution in [0.1, 0.15) is 44.4 Å². The Labute approximate surface area is 127 Å². The predicted molar refractivity (Wildman–Crippen MR) is 85.1 cm³/mol. The van der Waals surface area contributed by atoms with Gasteiger partial charge in [0.05, 0.1) is 0 Å². The summed E-state index contributed by atoms with van der Waals surface area (Å²) >= 11 is 5.29. The standard InChI is InChI=1S/C15H21BrFNS/c1-4-5-18-14-11-6-10(16)7-13(17)12(11)8-19-15(14)9(2)3/h6-7,9,14-15,18H,4-5,8H2,1-3H3. The van der Waals surface area contributed by atoms with Gasteiger partial charge < -0.3 is 5.32 Å². The molecule has 0 amide bonds. The van der Waals surface area contributed by atoms with Gasteiger partial charge >= 0.3 is 0 Å². The van der Waals surface area contributed by atoms with Crippen molar-refractivity contribution in [2.45, 2.75) is 44.2 Å². The molecule has 0 fully saturated rings. The van der Waals surface area contributed by atoms with Crippen LogP contribution >= 0.6 is 27.7 Å². The molecule has 0 aromatic heterocycles. The van der Waals surface area contributed by atoms with Crippen molar-refractivity contribution in [3.8, 4) is 0 Å². The van der Waals surface area contributed by atoms with Gasteiger partial charge in [0.15, 0.2) is 0 Å². The summed E-state index contributed by atoms with van der Waals surface area (Å²) in [6, 6.07) is 3.91. The van der Waals surface area contributed by atoms with Crippen LogP contribution in [0.3, 0.4) is 0 Å². The first-order valence-corrected chi connectivity index (χ1v) is 8.71. The van der Waals surface area contributed by atoms with Gasteiger partial charge in [-0.2, -0.15) is 11.8 Å². The highest BCUT2D eigenvalue weighted by Gasteiger charge is 2.33. The minimum atomic E-state index is -0.0811. The summed E-state index contributed by atoms with van der Waals surface area (Å²) in [5.41, 5.74) is 2.01. The predicted octanol–water partition coefficient (Wildman–Crippen LogP) is 4.90. The normalized spacial score (nSPS) is 22.6. The largest absolute Gasteiger partial charge is 0.309 e. The van der Waals surface area contributed by atoms with E-state index in [2.05, 4.69) is 48.1 Å². The molecule has 1 aliphatic rings. The van der Waals surface area contributed by atoms with E-state index in [4.69, 9.17) is 0 Å². The van der Waals surface area contributed by atoms with Gasteiger partial charge in [0.2, 0.25) is 0 Å². The van der Waals surface area contributed by atoms with Crippen molar-refractivity contribution in [3.05, 3.63) is 33.5 Å². The number of hydrogen-bond donors (Lipinski definition) is 1. The molecule has 0 spiro atoms. The second-order valence-electron chi connectivity index (χ2n) is 5.41. The number of nitrogens with one attached hydrogen (secondary N) is 1. The minimum Gasteiger partial charge on any atom is -0.309 e. The van der Waals surface area contributed by atoms with Crippen LogP contribution in [0.2, 0.25) is 0 Å². The molecule has 19 heavy (non-hydrogen) atoms. The van der Waals surface area contributed by atoms with Crippen LogP contribution in [0, 0.1) is 11.7 Å². The summed E-state index contributed by atoms with van der Waals surface area (Å²) in [6.07, 6.45) is 1.10. The third-order valence-corrected chi connectivity index (χ3v) is 5.66. The lowest BCUT2D eigenvalue weighted by Crippen LogP contribution is -2.37. The summed E-state index contributed by atoms with van der Waals surface area (Å²) in [4.78, 5) is 0. The van der Waals surface area contributed by atoms with Crippen molar-refractivity contribution < 1.29 is 4.39 Å². The first-order valence-electron chi connectivity index (χ1n) is 6.87. The molecule has 0 radical (unpaired) electrons. The van der Waals surface area contributed by atoms with Gasteiger partial charge in [-0.3, -0.25) is 0 Å². The maximum atomic E-state index is 14.1. The number of benzene rings is 1. The molecule has 1 heterocycles. The Morgan fingerprint density at radius 2 is 2.21 bits per heavy atom. The fourth-order valence-corrected chi connectivity index (χ4v) is 4.54. The van der Waals surface area contributed by atoms with Gasteiger partial charge in [-0.1, -0.05) is 36.7 Å². The molecule has 1 N–H and O–H groups in total. The van der Waals surface area contributed by atoms with Crippen molar-refractivity contribution in [3.63, 3.8) is 0 Å². The summed E-state index contributed by atoms with van der Waals surface area (Å²) in [7, 11) is 0. The molecule has 1 aliphatic heterocycles. The first-order chi connectivity index (χ1) is 9.04. The molecular formula is C15H21BrFNS. The number of hydrogen-bond acceptors (Lipinski definition) is 2. The summed E-state index contributed by atoms with van der Waals surface area (Å²) in [5.74, 6) is 1.28. The number of halogens is 2. The van der Waals surface area contributed by atoms with Crippen LogP contribution in [0.25, 0.3) is 0 Å². The monoisotopic (exact) mass is 345 g/mol. The zero-order valence-corrected chi connectivity index (χ0v) is 14.1. The van der Waals surface area contributed by atoms with Crippen molar-refractivity contribution in [1.29, 1.82) is 0 Å². The fourth-order valence-electron chi connectivity index (χ4n) is 2.61. The van der Waals surface area contributed by atoms with E-state index in [0.717, 1.165) is 34.3 Å². The molecule has 1 nitrogen and oxygen atoms in total. The van der Waals surface area contributed by atoms with Gasteiger partial charge in [-0.25, -0.2) is 4.39 Å². The molecular weight excluding hydrogens is 325 g/mol. The van der Waals surface area contributed by atoms with Crippen LogP contribution in [0.15, 0.2) is 16.6 Å². The molecule has 1 aromatic rings. The lowest BCUT2D eigenvalue weighted by molar-refractivity contribution is 0.435. The molecule has 2 rings (SSSR count). The van der Waals surface area contributed by atoms with Gasteiger partial charge in [0.1, 0.15) is 5.82 Å². The first kappa shape index (κ1) is 15.3. The highest BCUT2D eigenvalue weighted by atomic mass is 79.9. The van der Waals surface area contributed by atoms with Crippen LogP contribution in [0.5, 0.6) is 0 Å². The molecule has 0 aliphatic carbocycles. The SMILES string of the molecule is CCCNC1c2cc(Br)cc(F)c2CSC1C(C)C. The van der Waals surface area contributed by atoms with E-state index in [1.807, 2.05) is 11.8 Å². The second-order valence-corrected chi connectivity index (χ2v) is 7.49. The highest BCUT2D eigenvalue weighted by Crippen LogP contribution is 2.42. The second kappa shape index (κ2) is 6.59. The topological polar surface area (TPSA) is 12.0 Å². The average molecular weight is 346 g/mol. The van der Waals surface area contributed by atoms with E-state index in [1.165, 1.54) is 0 Å². The lowest BCUT2D eigenvalue weighted by atomic mass is 9.92. The van der Waals surface area contributed by atoms with Crippen molar-refractivity contribution in [2.24, 2.45) is 5.92 Å². The average Bonchev–Trinajstić information content (AvgIpc) is 2.35. The van der Waals surface area contributed by atoms with Crippen molar-refractivity contribution in [2.75, 3.05) is 6.54 Å². The van der Waals surface area contributed by atoms with Crippen LogP contribution in [-0.4, -0.2) is 11.8 Å². The molecule has 1 aromatic carbocycles. The van der Waals surface area contributed by atoms with E-state index in [9.17, 15) is 4.39 Å². The lowest BCUT2D eigenvalue weighted by Gasteiger charge is -2.36. The van der Waals surface area contributed by atoms with Crippen LogP contribution in [0.4, 0.5) is 4.39 Å². The Hall–Kier alpha value is -0.0600. The van der Waals surface area contributed by atoms with E-state index in [1.54, 1.807) is 6.07 Å². The Morgan fingerprint density at radius 1 is 1.47 bits per heavy atom. The summed E-state index contributed by atoms with van der Waals surface area (Å²) in [5, 5.41) is 4.11. The maximum Gasteiger partial charge on any atom is 0.128 e. The molecule has 2 atom stereocenters. The molecule has 0 saturated carbocycles. The Kier molecular flexibility index (Phi) is 5.32. The van der Waals surface area contributed by atoms with Crippen molar-refractivity contribution >= 4 is 27.7 Å². The Balaban J connectivity index is 2.39. The molecule has 4 heteroatoms. The fraction of sp³-hybridized carbons (Fsp3) is 0.600. The van der Waals surface area contributed by atoms with Gasteiger partial charge in [-0.05, 0) is 36.6 Å². The molecule has 106 valence electrons. The van der Waals surface area contributed by atoms with Gasteiger partial charge in [-0.15, -0.1) is 0 Å². The number of fused-ring (bicyclic) bond motifs is 1. The summed E-state index contributed by atoms with van der Waals surface area (Å²) in [6.45, 7) is 7.63. The quantitative estimate of drug-likeness (QED) is 0.832. The van der Waals surface area contributed by atoms with E-state index in [0.29, 0.717) is 11.2 Å². The Bertz CT molecular complexity index is 450. The summed E-state index contributed by atoms with van der Waals surface area (Å²) < 4.78 is 14.9. The zero-order valence-electron chi connectivity index (χ0n) is 11.7. The molecule has 0 bridgehead atoms. The van der Waals surface area contributed by atoms with Gasteiger partial charge in [0, 0.05) is 27.1 Å². The van der Waals surface area contributed by atoms with Crippen LogP contribution in [-0.2, 0) is 5.75 Å².